The van der Waals surface area contributed by atoms with Crippen LogP contribution in [0, 0.1) is 13.8 Å². The Morgan fingerprint density at radius 1 is 1.00 bits per heavy atom. The summed E-state index contributed by atoms with van der Waals surface area (Å²) < 4.78 is 6.78. The van der Waals surface area contributed by atoms with Crippen LogP contribution in [0.4, 0.5) is 10.8 Å². The van der Waals surface area contributed by atoms with E-state index in [1.54, 1.807) is 37.4 Å². The van der Waals surface area contributed by atoms with Crippen molar-refractivity contribution in [1.29, 1.82) is 0 Å². The number of carbonyl (C=O) groups is 2. The van der Waals surface area contributed by atoms with Crippen molar-refractivity contribution in [3.8, 4) is 0 Å². The quantitative estimate of drug-likeness (QED) is 0.182. The predicted octanol–water partition coefficient (Wildman–Crippen LogP) is 6.09. The molecule has 0 fully saturated rings. The van der Waals surface area contributed by atoms with E-state index < -0.39 is 22.8 Å². The summed E-state index contributed by atoms with van der Waals surface area (Å²) >= 11 is 8.65. The van der Waals surface area contributed by atoms with Crippen LogP contribution >= 0.6 is 34.7 Å². The molecule has 1 spiro atoms. The third-order valence-electron chi connectivity index (χ3n) is 7.73. The zero-order chi connectivity index (χ0) is 28.6. The minimum atomic E-state index is -1.77. The summed E-state index contributed by atoms with van der Waals surface area (Å²) in [5, 5.41) is 9.85. The Morgan fingerprint density at radius 2 is 1.73 bits per heavy atom. The number of fused-ring (bicyclic) bond motifs is 5. The van der Waals surface area contributed by atoms with Crippen LogP contribution in [-0.4, -0.2) is 29.1 Å². The average Bonchev–Trinajstić information content (AvgIpc) is 3.59. The van der Waals surface area contributed by atoms with Crippen molar-refractivity contribution in [3.05, 3.63) is 109 Å². The Morgan fingerprint density at radius 3 is 2.51 bits per heavy atom. The number of hydrogen-bond donors (Lipinski definition) is 0. The summed E-state index contributed by atoms with van der Waals surface area (Å²) in [4.78, 5) is 45.6. The Bertz CT molecular complexity index is 1990. The van der Waals surface area contributed by atoms with Crippen LogP contribution in [-0.2, 0) is 16.1 Å². The molecule has 2 aliphatic heterocycles. The van der Waals surface area contributed by atoms with Crippen LogP contribution in [0.15, 0.2) is 74.2 Å². The Labute approximate surface area is 247 Å². The van der Waals surface area contributed by atoms with Crippen molar-refractivity contribution in [2.45, 2.75) is 29.5 Å². The van der Waals surface area contributed by atoms with Gasteiger partial charge in [-0.15, -0.1) is 10.2 Å². The second-order valence-corrected chi connectivity index (χ2v) is 12.7. The van der Waals surface area contributed by atoms with Crippen LogP contribution < -0.4 is 15.2 Å². The summed E-state index contributed by atoms with van der Waals surface area (Å²) in [7, 11) is 1.64. The first kappa shape index (κ1) is 25.9. The second-order valence-electron chi connectivity index (χ2n) is 10.1. The van der Waals surface area contributed by atoms with E-state index in [1.165, 1.54) is 32.9 Å². The summed E-state index contributed by atoms with van der Waals surface area (Å²) in [5.74, 6) is -0.595. The van der Waals surface area contributed by atoms with Crippen molar-refractivity contribution in [2.75, 3.05) is 16.8 Å². The predicted molar refractivity (Wildman–Crippen MR) is 160 cm³/mol. The van der Waals surface area contributed by atoms with Crippen molar-refractivity contribution in [1.82, 2.24) is 10.2 Å². The van der Waals surface area contributed by atoms with E-state index in [2.05, 4.69) is 10.2 Å². The molecule has 5 aromatic rings. The lowest BCUT2D eigenvalue weighted by molar-refractivity contribution is -0.121. The summed E-state index contributed by atoms with van der Waals surface area (Å²) in [6.07, 6.45) is 0. The molecule has 11 heteroatoms. The number of nitrogens with zero attached hydrogens (tertiary/aromatic N) is 4. The van der Waals surface area contributed by atoms with Gasteiger partial charge in [-0.05, 0) is 60.9 Å². The number of likely N-dealkylation sites (N-methyl/N-ethyl adjacent to an activating group) is 1. The molecule has 3 aromatic carbocycles. The van der Waals surface area contributed by atoms with Crippen molar-refractivity contribution in [3.63, 3.8) is 0 Å². The topological polar surface area (TPSA) is 96.6 Å². The number of aryl methyl sites for hydroxylation is 2. The van der Waals surface area contributed by atoms with Crippen LogP contribution in [0.1, 0.15) is 38.4 Å². The number of thioether (sulfide) groups is 1. The molecule has 2 amide bonds. The van der Waals surface area contributed by atoms with Gasteiger partial charge in [0, 0.05) is 29.1 Å². The highest BCUT2D eigenvalue weighted by Gasteiger charge is 2.66. The SMILES string of the molecule is Cc1cc2oc3c(c(=O)c2cc1C)C1(C(=O)N(C)c2ccccc21)N(c1nnc(SCc2ccc(Cl)cc2)s1)C3=O. The van der Waals surface area contributed by atoms with E-state index in [0.717, 1.165) is 16.7 Å². The average molecular weight is 601 g/mol. The number of carbonyl (C=O) groups excluding carboxylic acids is 2. The molecule has 1 atom stereocenters. The molecule has 2 aliphatic rings. The van der Waals surface area contributed by atoms with E-state index in [4.69, 9.17) is 16.0 Å². The third-order valence-corrected chi connectivity index (χ3v) is 10.1. The smallest absolute Gasteiger partial charge is 0.297 e. The zero-order valence-corrected chi connectivity index (χ0v) is 24.5. The Hall–Kier alpha value is -3.99. The van der Waals surface area contributed by atoms with Gasteiger partial charge in [-0.1, -0.05) is 65.0 Å². The van der Waals surface area contributed by atoms with Gasteiger partial charge in [0.15, 0.2) is 15.3 Å². The van der Waals surface area contributed by atoms with Gasteiger partial charge in [-0.3, -0.25) is 19.3 Å². The van der Waals surface area contributed by atoms with E-state index in [0.29, 0.717) is 37.3 Å². The molecular weight excluding hydrogens is 580 g/mol. The molecule has 4 heterocycles. The summed E-state index contributed by atoms with van der Waals surface area (Å²) in [6, 6.07) is 18.2. The lowest BCUT2D eigenvalue weighted by atomic mass is 9.84. The summed E-state index contributed by atoms with van der Waals surface area (Å²) in [6.45, 7) is 3.82. The largest absolute Gasteiger partial charge is 0.450 e. The van der Waals surface area contributed by atoms with E-state index in [9.17, 15) is 14.4 Å². The standard InChI is InChI=1S/C30H21ClN4O4S2/c1-15-12-19-22(13-16(15)2)39-25-23(24(19)36)30(20-6-4-5-7-21(20)34(3)27(30)38)35(26(25)37)28-32-33-29(41-28)40-14-17-8-10-18(31)11-9-17/h4-13H,14H2,1-3H3. The number of aromatic nitrogens is 2. The fourth-order valence-corrected chi connectivity index (χ4v) is 7.57. The molecule has 0 aliphatic carbocycles. The normalized spacial score (nSPS) is 17.7. The molecular formula is C30H21ClN4O4S2. The molecule has 1 unspecified atom stereocenters. The molecule has 0 N–H and O–H groups in total. The highest BCUT2D eigenvalue weighted by Crippen LogP contribution is 2.54. The van der Waals surface area contributed by atoms with Gasteiger partial charge in [-0.25, -0.2) is 0 Å². The van der Waals surface area contributed by atoms with Crippen LogP contribution in [0.25, 0.3) is 11.0 Å². The number of rotatable bonds is 4. The second kappa shape index (κ2) is 9.27. The van der Waals surface area contributed by atoms with Crippen molar-refractivity contribution in [2.24, 2.45) is 0 Å². The van der Waals surface area contributed by atoms with Crippen LogP contribution in [0.5, 0.6) is 0 Å². The highest BCUT2D eigenvalue weighted by atomic mass is 35.5. The highest BCUT2D eigenvalue weighted by molar-refractivity contribution is 8.00. The molecule has 8 nitrogen and oxygen atoms in total. The fraction of sp³-hybridized carbons (Fsp3) is 0.167. The first-order chi connectivity index (χ1) is 19.7. The number of anilines is 2. The van der Waals surface area contributed by atoms with E-state index in [-0.39, 0.29) is 16.5 Å². The van der Waals surface area contributed by atoms with Crippen molar-refractivity contribution >= 4 is 68.3 Å². The number of hydrogen-bond acceptors (Lipinski definition) is 8. The van der Waals surface area contributed by atoms with Gasteiger partial charge in [0.1, 0.15) is 5.58 Å². The Kier molecular flexibility index (Phi) is 5.86. The molecule has 7 rings (SSSR count). The van der Waals surface area contributed by atoms with E-state index >= 15 is 0 Å². The monoisotopic (exact) mass is 600 g/mol. The van der Waals surface area contributed by atoms with Crippen LogP contribution in [0.2, 0.25) is 5.02 Å². The number of halogens is 1. The van der Waals surface area contributed by atoms with Gasteiger partial charge < -0.3 is 9.32 Å². The maximum Gasteiger partial charge on any atom is 0.297 e. The number of benzene rings is 3. The van der Waals surface area contributed by atoms with Crippen LogP contribution in [0.3, 0.4) is 0 Å². The van der Waals surface area contributed by atoms with Gasteiger partial charge in [0.05, 0.1) is 10.9 Å². The van der Waals surface area contributed by atoms with Gasteiger partial charge in [0.25, 0.3) is 11.8 Å². The molecule has 0 radical (unpaired) electrons. The first-order valence-corrected chi connectivity index (χ1v) is 14.9. The maximum atomic E-state index is 14.3. The minimum Gasteiger partial charge on any atom is -0.450 e. The van der Waals surface area contributed by atoms with Gasteiger partial charge in [0.2, 0.25) is 10.9 Å². The molecule has 2 aromatic heterocycles. The number of para-hydroxylation sites is 1. The van der Waals surface area contributed by atoms with E-state index in [1.807, 2.05) is 44.2 Å². The Balaban J connectivity index is 1.43. The molecule has 0 bridgehead atoms. The maximum absolute atomic E-state index is 14.3. The van der Waals surface area contributed by atoms with Crippen molar-refractivity contribution < 1.29 is 14.0 Å². The minimum absolute atomic E-state index is 0.00520. The van der Waals surface area contributed by atoms with Gasteiger partial charge in [-0.2, -0.15) is 0 Å². The first-order valence-electron chi connectivity index (χ1n) is 12.7. The number of amides is 2. The van der Waals surface area contributed by atoms with Gasteiger partial charge >= 0.3 is 0 Å². The third kappa shape index (κ3) is 3.64. The lowest BCUT2D eigenvalue weighted by Crippen LogP contribution is -2.53. The zero-order valence-electron chi connectivity index (χ0n) is 22.1. The lowest BCUT2D eigenvalue weighted by Gasteiger charge is -2.31. The molecule has 41 heavy (non-hydrogen) atoms. The fourth-order valence-electron chi connectivity index (χ4n) is 5.60. The molecule has 0 saturated carbocycles. The summed E-state index contributed by atoms with van der Waals surface area (Å²) in [5.41, 5.74) is 2.10. The molecule has 0 saturated heterocycles. The molecule has 204 valence electrons.